The highest BCUT2D eigenvalue weighted by atomic mass is 16.5. The van der Waals surface area contributed by atoms with E-state index in [9.17, 15) is 4.79 Å². The lowest BCUT2D eigenvalue weighted by molar-refractivity contribution is -0.125. The molecule has 140 valence electrons. The highest BCUT2D eigenvalue weighted by Gasteiger charge is 2.27. The molecule has 1 aliphatic rings. The number of hydrogen-bond donors (Lipinski definition) is 1. The molecule has 0 bridgehead atoms. The van der Waals surface area contributed by atoms with E-state index in [0.717, 1.165) is 37.9 Å². The van der Waals surface area contributed by atoms with E-state index >= 15 is 0 Å². The molecule has 0 saturated carbocycles. The first kappa shape index (κ1) is 18.4. The van der Waals surface area contributed by atoms with Crippen molar-refractivity contribution in [3.05, 3.63) is 29.8 Å². The smallest absolute Gasteiger partial charge is 0.318 e. The molecule has 1 N–H and O–H groups in total. The molecule has 0 spiro atoms. The van der Waals surface area contributed by atoms with E-state index in [2.05, 4.69) is 20.4 Å². The Morgan fingerprint density at radius 3 is 2.69 bits per heavy atom. The number of hydrogen-bond acceptors (Lipinski definition) is 6. The number of aryl methyl sites for hydroxylation is 1. The van der Waals surface area contributed by atoms with Gasteiger partial charge >= 0.3 is 6.01 Å². The van der Waals surface area contributed by atoms with Crippen molar-refractivity contribution < 1.29 is 13.9 Å². The second kappa shape index (κ2) is 8.80. The van der Waals surface area contributed by atoms with Crippen LogP contribution in [0.2, 0.25) is 0 Å². The summed E-state index contributed by atoms with van der Waals surface area (Å²) in [4.78, 5) is 14.3. The number of rotatable bonds is 7. The zero-order valence-electron chi connectivity index (χ0n) is 15.4. The van der Waals surface area contributed by atoms with Crippen molar-refractivity contribution in [2.45, 2.75) is 26.2 Å². The Hall–Kier alpha value is -2.41. The van der Waals surface area contributed by atoms with Gasteiger partial charge in [-0.1, -0.05) is 22.8 Å². The number of aromatic nitrogens is 2. The maximum absolute atomic E-state index is 12.2. The van der Waals surface area contributed by atoms with Crippen molar-refractivity contribution in [2.24, 2.45) is 5.92 Å². The molecule has 1 fully saturated rings. The van der Waals surface area contributed by atoms with Crippen molar-refractivity contribution in [1.82, 2.24) is 15.5 Å². The zero-order chi connectivity index (χ0) is 18.4. The molecule has 1 aromatic carbocycles. The van der Waals surface area contributed by atoms with Crippen LogP contribution in [0.4, 0.5) is 6.01 Å². The van der Waals surface area contributed by atoms with Crippen LogP contribution in [0.1, 0.15) is 24.8 Å². The summed E-state index contributed by atoms with van der Waals surface area (Å²) in [6, 6.07) is 8.53. The molecule has 1 aromatic heterocycles. The average molecular weight is 358 g/mol. The molecule has 0 unspecified atom stereocenters. The Balaban J connectivity index is 1.50. The molecule has 7 nitrogen and oxygen atoms in total. The van der Waals surface area contributed by atoms with Gasteiger partial charge in [0.25, 0.3) is 0 Å². The molecule has 7 heteroatoms. The van der Waals surface area contributed by atoms with Crippen molar-refractivity contribution in [1.29, 1.82) is 0 Å². The number of piperidine rings is 1. The maximum Gasteiger partial charge on any atom is 0.318 e. The van der Waals surface area contributed by atoms with E-state index < -0.39 is 0 Å². The third kappa shape index (κ3) is 4.60. The molecule has 2 aromatic rings. The van der Waals surface area contributed by atoms with E-state index in [1.807, 2.05) is 31.2 Å². The quantitative estimate of drug-likeness (QED) is 0.766. The SMILES string of the molecule is COCCCNC(=O)C1CCN(c2nnc(-c3ccc(C)cc3)o2)CC1. The first-order chi connectivity index (χ1) is 12.7. The molecule has 0 aliphatic carbocycles. The highest BCUT2D eigenvalue weighted by molar-refractivity contribution is 5.78. The van der Waals surface area contributed by atoms with E-state index in [-0.39, 0.29) is 11.8 Å². The van der Waals surface area contributed by atoms with Crippen LogP contribution < -0.4 is 10.2 Å². The number of carbonyl (C=O) groups is 1. The van der Waals surface area contributed by atoms with Gasteiger partial charge in [0.2, 0.25) is 11.8 Å². The lowest BCUT2D eigenvalue weighted by Gasteiger charge is -2.29. The summed E-state index contributed by atoms with van der Waals surface area (Å²) >= 11 is 0. The standard InChI is InChI=1S/C19H26N4O3/c1-14-4-6-16(7-5-14)18-21-22-19(26-18)23-11-8-15(9-12-23)17(24)20-10-3-13-25-2/h4-7,15H,3,8-13H2,1-2H3,(H,20,24). The fourth-order valence-corrected chi connectivity index (χ4v) is 3.06. The minimum atomic E-state index is 0.0493. The summed E-state index contributed by atoms with van der Waals surface area (Å²) in [5, 5.41) is 11.3. The number of benzene rings is 1. The predicted octanol–water partition coefficient (Wildman–Crippen LogP) is 2.41. The number of ether oxygens (including phenoxy) is 1. The molecule has 1 aliphatic heterocycles. The molecule has 1 saturated heterocycles. The minimum Gasteiger partial charge on any atom is -0.403 e. The van der Waals surface area contributed by atoms with E-state index in [1.165, 1.54) is 5.56 Å². The van der Waals surface area contributed by atoms with Gasteiger partial charge in [0.1, 0.15) is 0 Å². The highest BCUT2D eigenvalue weighted by Crippen LogP contribution is 2.26. The second-order valence-electron chi connectivity index (χ2n) is 6.65. The van der Waals surface area contributed by atoms with Gasteiger partial charge in [-0.2, -0.15) is 0 Å². The normalized spacial score (nSPS) is 15.2. The lowest BCUT2D eigenvalue weighted by Crippen LogP contribution is -2.41. The van der Waals surface area contributed by atoms with Crippen molar-refractivity contribution >= 4 is 11.9 Å². The molecular formula is C19H26N4O3. The van der Waals surface area contributed by atoms with E-state index in [1.54, 1.807) is 7.11 Å². The van der Waals surface area contributed by atoms with Gasteiger partial charge in [-0.25, -0.2) is 0 Å². The zero-order valence-corrected chi connectivity index (χ0v) is 15.4. The Morgan fingerprint density at radius 1 is 1.27 bits per heavy atom. The number of methoxy groups -OCH3 is 1. The summed E-state index contributed by atoms with van der Waals surface area (Å²) in [6.45, 7) is 4.86. The Morgan fingerprint density at radius 2 is 2.00 bits per heavy atom. The summed E-state index contributed by atoms with van der Waals surface area (Å²) < 4.78 is 10.8. The summed E-state index contributed by atoms with van der Waals surface area (Å²) in [6.07, 6.45) is 2.42. The predicted molar refractivity (Wildman–Crippen MR) is 98.9 cm³/mol. The summed E-state index contributed by atoms with van der Waals surface area (Å²) in [5.74, 6) is 0.706. The van der Waals surface area contributed by atoms with Crippen LogP contribution >= 0.6 is 0 Å². The van der Waals surface area contributed by atoms with Gasteiger partial charge in [0, 0.05) is 44.8 Å². The lowest BCUT2D eigenvalue weighted by atomic mass is 9.96. The molecule has 1 amide bonds. The van der Waals surface area contributed by atoms with Crippen molar-refractivity contribution in [3.8, 4) is 11.5 Å². The number of nitrogens with zero attached hydrogens (tertiary/aromatic N) is 3. The Kier molecular flexibility index (Phi) is 6.22. The van der Waals surface area contributed by atoms with Crippen LogP contribution in [0.5, 0.6) is 0 Å². The van der Waals surface area contributed by atoms with Crippen molar-refractivity contribution in [3.63, 3.8) is 0 Å². The fraction of sp³-hybridized carbons (Fsp3) is 0.526. The van der Waals surface area contributed by atoms with Gasteiger partial charge in [-0.3, -0.25) is 4.79 Å². The average Bonchev–Trinajstić information content (AvgIpc) is 3.16. The number of amides is 1. The van der Waals surface area contributed by atoms with Gasteiger partial charge in [0.15, 0.2) is 0 Å². The first-order valence-corrected chi connectivity index (χ1v) is 9.09. The van der Waals surface area contributed by atoms with Crippen LogP contribution in [-0.4, -0.2) is 49.5 Å². The molecule has 2 heterocycles. The van der Waals surface area contributed by atoms with Crippen LogP contribution in [-0.2, 0) is 9.53 Å². The summed E-state index contributed by atoms with van der Waals surface area (Å²) in [7, 11) is 1.67. The second-order valence-corrected chi connectivity index (χ2v) is 6.65. The van der Waals surface area contributed by atoms with Crippen LogP contribution in [0.25, 0.3) is 11.5 Å². The van der Waals surface area contributed by atoms with E-state index in [0.29, 0.717) is 25.1 Å². The Bertz CT molecular complexity index is 706. The first-order valence-electron chi connectivity index (χ1n) is 9.09. The molecular weight excluding hydrogens is 332 g/mol. The van der Waals surface area contributed by atoms with Gasteiger partial charge in [-0.15, -0.1) is 5.10 Å². The van der Waals surface area contributed by atoms with Gasteiger partial charge < -0.3 is 19.4 Å². The van der Waals surface area contributed by atoms with Crippen LogP contribution in [0.3, 0.4) is 0 Å². The largest absolute Gasteiger partial charge is 0.403 e. The number of anilines is 1. The minimum absolute atomic E-state index is 0.0493. The molecule has 0 radical (unpaired) electrons. The van der Waals surface area contributed by atoms with Gasteiger partial charge in [-0.05, 0) is 38.3 Å². The molecule has 26 heavy (non-hydrogen) atoms. The van der Waals surface area contributed by atoms with Gasteiger partial charge in [0.05, 0.1) is 0 Å². The monoisotopic (exact) mass is 358 g/mol. The molecule has 0 atom stereocenters. The Labute approximate surface area is 153 Å². The fourth-order valence-electron chi connectivity index (χ4n) is 3.06. The summed E-state index contributed by atoms with van der Waals surface area (Å²) in [5.41, 5.74) is 2.11. The number of carbonyl (C=O) groups excluding carboxylic acids is 1. The van der Waals surface area contributed by atoms with Crippen molar-refractivity contribution in [2.75, 3.05) is 38.3 Å². The third-order valence-electron chi connectivity index (χ3n) is 4.67. The number of nitrogens with one attached hydrogen (secondary N) is 1. The van der Waals surface area contributed by atoms with Crippen LogP contribution in [0.15, 0.2) is 28.7 Å². The third-order valence-corrected chi connectivity index (χ3v) is 4.67. The maximum atomic E-state index is 12.2. The molecule has 3 rings (SSSR count). The topological polar surface area (TPSA) is 80.5 Å². The van der Waals surface area contributed by atoms with E-state index in [4.69, 9.17) is 9.15 Å². The van der Waals surface area contributed by atoms with Crippen LogP contribution in [0, 0.1) is 12.8 Å².